The molecule has 0 amide bonds. The highest BCUT2D eigenvalue weighted by molar-refractivity contribution is 9.11. The Morgan fingerprint density at radius 1 is 1.12 bits per heavy atom. The Hall–Kier alpha value is 0.460. The fourth-order valence-corrected chi connectivity index (χ4v) is 4.43. The van der Waals surface area contributed by atoms with Crippen molar-refractivity contribution in [2.45, 2.75) is 4.83 Å². The molecule has 1 atom stereocenters. The first-order chi connectivity index (χ1) is 7.58. The molecule has 0 aliphatic heterocycles. The molecule has 0 N–H and O–H groups in total. The second-order valence-electron chi connectivity index (χ2n) is 3.17. The summed E-state index contributed by atoms with van der Waals surface area (Å²) in [6.07, 6.45) is 0. The van der Waals surface area contributed by atoms with E-state index in [4.69, 9.17) is 23.2 Å². The van der Waals surface area contributed by atoms with Crippen LogP contribution in [0.5, 0.6) is 0 Å². The summed E-state index contributed by atoms with van der Waals surface area (Å²) in [4.78, 5) is 1.31. The minimum atomic E-state index is 0.136. The highest BCUT2D eigenvalue weighted by atomic mass is 79.9. The van der Waals surface area contributed by atoms with Crippen LogP contribution in [-0.2, 0) is 0 Å². The summed E-state index contributed by atoms with van der Waals surface area (Å²) in [6, 6.07) is 9.69. The molecule has 0 aliphatic carbocycles. The van der Waals surface area contributed by atoms with Crippen molar-refractivity contribution >= 4 is 66.4 Å². The average molecular weight is 401 g/mol. The molecule has 0 spiro atoms. The van der Waals surface area contributed by atoms with Crippen LogP contribution < -0.4 is 0 Å². The van der Waals surface area contributed by atoms with Crippen molar-refractivity contribution in [1.29, 1.82) is 0 Å². The second kappa shape index (κ2) is 5.40. The van der Waals surface area contributed by atoms with E-state index in [1.165, 1.54) is 4.88 Å². The number of hydrogen-bond acceptors (Lipinski definition) is 1. The van der Waals surface area contributed by atoms with Gasteiger partial charge < -0.3 is 0 Å². The predicted octanol–water partition coefficient (Wildman–Crippen LogP) is 6.30. The molecule has 2 rings (SSSR count). The quantitative estimate of drug-likeness (QED) is 0.519. The maximum Gasteiger partial charge on any atom is 0.0931 e. The Bertz CT molecular complexity index is 510. The molecular weight excluding hydrogens is 395 g/mol. The Morgan fingerprint density at radius 2 is 1.88 bits per heavy atom. The van der Waals surface area contributed by atoms with E-state index in [-0.39, 0.29) is 4.83 Å². The zero-order valence-corrected chi connectivity index (χ0v) is 13.4. The SMILES string of the molecule is Clc1ccc(C(Br)c2ccc(Cl)s2)c(Br)c1. The Labute approximate surface area is 125 Å². The summed E-state index contributed by atoms with van der Waals surface area (Å²) in [5, 5.41) is 0.722. The summed E-state index contributed by atoms with van der Waals surface area (Å²) in [5.41, 5.74) is 1.14. The first-order valence-corrected chi connectivity index (χ1v) is 7.70. The van der Waals surface area contributed by atoms with E-state index >= 15 is 0 Å². The Morgan fingerprint density at radius 3 is 2.44 bits per heavy atom. The third-order valence-corrected chi connectivity index (χ3v) is 5.59. The van der Waals surface area contributed by atoms with Crippen LogP contribution in [0.15, 0.2) is 34.8 Å². The van der Waals surface area contributed by atoms with Crippen molar-refractivity contribution < 1.29 is 0 Å². The van der Waals surface area contributed by atoms with Crippen molar-refractivity contribution in [3.63, 3.8) is 0 Å². The molecule has 5 heteroatoms. The van der Waals surface area contributed by atoms with E-state index < -0.39 is 0 Å². The molecule has 0 aliphatic rings. The number of halogens is 4. The second-order valence-corrected chi connectivity index (χ2v) is 7.12. The van der Waals surface area contributed by atoms with Crippen LogP contribution in [0.2, 0.25) is 9.36 Å². The molecule has 1 heterocycles. The van der Waals surface area contributed by atoms with E-state index in [0.29, 0.717) is 0 Å². The lowest BCUT2D eigenvalue weighted by atomic mass is 10.1. The predicted molar refractivity (Wildman–Crippen MR) is 79.3 cm³/mol. The molecule has 2 aromatic rings. The Kier molecular flexibility index (Phi) is 4.36. The summed E-state index contributed by atoms with van der Waals surface area (Å²) in [7, 11) is 0. The first kappa shape index (κ1) is 12.9. The van der Waals surface area contributed by atoms with E-state index in [1.807, 2.05) is 30.3 Å². The van der Waals surface area contributed by atoms with Crippen molar-refractivity contribution in [3.05, 3.63) is 54.6 Å². The summed E-state index contributed by atoms with van der Waals surface area (Å²) >= 11 is 20.6. The lowest BCUT2D eigenvalue weighted by Crippen LogP contribution is -1.90. The minimum absolute atomic E-state index is 0.136. The standard InChI is InChI=1S/C11H6Br2Cl2S/c12-8-5-6(14)1-2-7(8)11(13)9-3-4-10(15)16-9/h1-5,11H. The Balaban J connectivity index is 2.37. The van der Waals surface area contributed by atoms with Crippen molar-refractivity contribution in [2.75, 3.05) is 0 Å². The molecule has 0 saturated carbocycles. The molecule has 84 valence electrons. The maximum atomic E-state index is 5.92. The van der Waals surface area contributed by atoms with Crippen LogP contribution in [-0.4, -0.2) is 0 Å². The first-order valence-electron chi connectivity index (χ1n) is 4.42. The van der Waals surface area contributed by atoms with Gasteiger partial charge in [-0.15, -0.1) is 11.3 Å². The zero-order valence-electron chi connectivity index (χ0n) is 7.88. The molecular formula is C11H6Br2Cl2S. The van der Waals surface area contributed by atoms with Gasteiger partial charge in [-0.25, -0.2) is 0 Å². The normalized spacial score (nSPS) is 12.8. The molecule has 0 bridgehead atoms. The molecule has 16 heavy (non-hydrogen) atoms. The highest BCUT2D eigenvalue weighted by Gasteiger charge is 2.15. The van der Waals surface area contributed by atoms with Crippen LogP contribution in [0.1, 0.15) is 15.3 Å². The zero-order chi connectivity index (χ0) is 11.7. The molecule has 0 saturated heterocycles. The van der Waals surface area contributed by atoms with Gasteiger partial charge in [0.2, 0.25) is 0 Å². The maximum absolute atomic E-state index is 5.92. The number of benzene rings is 1. The number of thiophene rings is 1. The highest BCUT2D eigenvalue weighted by Crippen LogP contribution is 2.40. The number of rotatable bonds is 2. The van der Waals surface area contributed by atoms with Crippen LogP contribution in [0, 0.1) is 0 Å². The summed E-state index contributed by atoms with van der Waals surface area (Å²) in [6.45, 7) is 0. The lowest BCUT2D eigenvalue weighted by molar-refractivity contribution is 1.21. The molecule has 0 fully saturated rings. The van der Waals surface area contributed by atoms with Crippen molar-refractivity contribution in [2.24, 2.45) is 0 Å². The smallest absolute Gasteiger partial charge is 0.0931 e. The topological polar surface area (TPSA) is 0 Å². The molecule has 1 aromatic carbocycles. The monoisotopic (exact) mass is 398 g/mol. The number of hydrogen-bond donors (Lipinski definition) is 0. The number of alkyl halides is 1. The van der Waals surface area contributed by atoms with Gasteiger partial charge in [0.1, 0.15) is 0 Å². The van der Waals surface area contributed by atoms with E-state index in [1.54, 1.807) is 11.3 Å². The van der Waals surface area contributed by atoms with Crippen LogP contribution in [0.4, 0.5) is 0 Å². The van der Waals surface area contributed by atoms with Crippen LogP contribution >= 0.6 is 66.4 Å². The minimum Gasteiger partial charge on any atom is -0.127 e. The molecule has 0 nitrogen and oxygen atoms in total. The summed E-state index contributed by atoms with van der Waals surface area (Å²) in [5.74, 6) is 0. The van der Waals surface area contributed by atoms with Crippen LogP contribution in [0.25, 0.3) is 0 Å². The summed E-state index contributed by atoms with van der Waals surface area (Å²) < 4.78 is 1.79. The van der Waals surface area contributed by atoms with E-state index in [0.717, 1.165) is 19.4 Å². The average Bonchev–Trinajstić information content (AvgIpc) is 2.64. The van der Waals surface area contributed by atoms with Gasteiger partial charge in [-0.3, -0.25) is 0 Å². The lowest BCUT2D eigenvalue weighted by Gasteiger charge is -2.10. The van der Waals surface area contributed by atoms with Crippen molar-refractivity contribution in [3.8, 4) is 0 Å². The fraction of sp³-hybridized carbons (Fsp3) is 0.0909. The molecule has 0 radical (unpaired) electrons. The van der Waals surface area contributed by atoms with Gasteiger partial charge >= 0.3 is 0 Å². The van der Waals surface area contributed by atoms with E-state index in [9.17, 15) is 0 Å². The largest absolute Gasteiger partial charge is 0.127 e. The van der Waals surface area contributed by atoms with Gasteiger partial charge in [0.25, 0.3) is 0 Å². The van der Waals surface area contributed by atoms with Crippen LogP contribution in [0.3, 0.4) is 0 Å². The molecule has 1 aromatic heterocycles. The van der Waals surface area contributed by atoms with Gasteiger partial charge in [-0.1, -0.05) is 61.1 Å². The fourth-order valence-electron chi connectivity index (χ4n) is 1.32. The van der Waals surface area contributed by atoms with Gasteiger partial charge in [0, 0.05) is 14.4 Å². The van der Waals surface area contributed by atoms with E-state index in [2.05, 4.69) is 31.9 Å². The third-order valence-electron chi connectivity index (χ3n) is 2.08. The van der Waals surface area contributed by atoms with Gasteiger partial charge in [-0.2, -0.15) is 0 Å². The molecule has 1 unspecified atom stereocenters. The van der Waals surface area contributed by atoms with Gasteiger partial charge in [0.15, 0.2) is 0 Å². The van der Waals surface area contributed by atoms with Crippen molar-refractivity contribution in [1.82, 2.24) is 0 Å². The van der Waals surface area contributed by atoms with Gasteiger partial charge in [-0.05, 0) is 29.8 Å². The van der Waals surface area contributed by atoms with Gasteiger partial charge in [0.05, 0.1) is 9.16 Å². The third kappa shape index (κ3) is 2.82.